The van der Waals surface area contributed by atoms with Crippen molar-refractivity contribution in [2.75, 3.05) is 0 Å². The van der Waals surface area contributed by atoms with Crippen molar-refractivity contribution in [2.45, 2.75) is 105 Å². The maximum absolute atomic E-state index is 2.55. The van der Waals surface area contributed by atoms with Crippen molar-refractivity contribution < 1.29 is 0 Å². The smallest absolute Gasteiger partial charge is 0.000116 e. The number of benzene rings is 15. The van der Waals surface area contributed by atoms with Gasteiger partial charge in [0.1, 0.15) is 0 Å². The molecular weight excluding hydrogens is 1180 g/mol. The van der Waals surface area contributed by atoms with Crippen LogP contribution in [-0.2, 0) is 21.7 Å². The average Bonchev–Trinajstić information content (AvgIpc) is 1.49. The van der Waals surface area contributed by atoms with Crippen LogP contribution in [0.3, 0.4) is 0 Å². The van der Waals surface area contributed by atoms with E-state index in [2.05, 4.69) is 362 Å². The number of hydrogen-bond donors (Lipinski definition) is 0. The predicted molar refractivity (Wildman–Crippen MR) is 424 cm³/mol. The fraction of sp³-hybridized carbons (Fsp3) is 0.163. The summed E-state index contributed by atoms with van der Waals surface area (Å²) >= 11 is 0. The first-order valence-corrected chi connectivity index (χ1v) is 35.2. The van der Waals surface area contributed by atoms with Crippen molar-refractivity contribution in [3.8, 4) is 134 Å². The van der Waals surface area contributed by atoms with Gasteiger partial charge in [-0.25, -0.2) is 0 Å². The normalized spacial score (nSPS) is 12.7. The van der Waals surface area contributed by atoms with E-state index >= 15 is 0 Å². The molecule has 474 valence electrons. The number of fused-ring (bicyclic) bond motifs is 9. The van der Waals surface area contributed by atoms with Crippen LogP contribution < -0.4 is 0 Å². The summed E-state index contributed by atoms with van der Waals surface area (Å²) < 4.78 is 0. The summed E-state index contributed by atoms with van der Waals surface area (Å²) in [5.74, 6) is 0. The monoisotopic (exact) mass is 1260 g/mol. The van der Waals surface area contributed by atoms with Gasteiger partial charge in [-0.1, -0.05) is 350 Å². The van der Waals surface area contributed by atoms with Crippen LogP contribution in [0.5, 0.6) is 0 Å². The largest absolute Gasteiger partial charge is 0.0622 e. The molecule has 0 heterocycles. The quantitative estimate of drug-likeness (QED) is 0.133. The minimum Gasteiger partial charge on any atom is -0.0622 e. The van der Waals surface area contributed by atoms with E-state index in [1.54, 1.807) is 0 Å². The Balaban J connectivity index is 1.10. The van der Waals surface area contributed by atoms with E-state index < -0.39 is 0 Å². The van der Waals surface area contributed by atoms with Crippen LogP contribution in [-0.4, -0.2) is 0 Å². The third kappa shape index (κ3) is 9.69. The summed E-state index contributed by atoms with van der Waals surface area (Å²) in [6.45, 7) is 28.5. The molecule has 0 heteroatoms. The van der Waals surface area contributed by atoms with E-state index in [1.165, 1.54) is 199 Å². The molecule has 0 saturated heterocycles. The predicted octanol–water partition coefficient (Wildman–Crippen LogP) is 28.1. The SMILES string of the molecule is CC(C)(C)c1cc(-c2c3c(c(-c4cc(C(C)(C)C)cc(C(C)(C)C)c4)c4ccccc24)-c2ccc4c5c(ccc-3c25)-c2c-4c(-c3ccccc3)c3c(-c4ccccc4)c4cc(-c5ccccc5)c(-c5ccccc5)cc4c(-c4ccccc4)c3c2-c2ccccc2)cc(C(C)(C)C)c1. The molecule has 2 aliphatic rings. The van der Waals surface area contributed by atoms with Crippen LogP contribution in [0.2, 0.25) is 0 Å². The summed E-state index contributed by atoms with van der Waals surface area (Å²) in [4.78, 5) is 0. The van der Waals surface area contributed by atoms with E-state index in [0.29, 0.717) is 0 Å². The van der Waals surface area contributed by atoms with Gasteiger partial charge < -0.3 is 0 Å². The van der Waals surface area contributed by atoms with E-state index in [1.807, 2.05) is 0 Å². The van der Waals surface area contributed by atoms with Crippen molar-refractivity contribution in [1.29, 1.82) is 0 Å². The minimum atomic E-state index is -0.0968. The molecule has 15 aromatic rings. The van der Waals surface area contributed by atoms with Gasteiger partial charge >= 0.3 is 0 Å². The average molecular weight is 1260 g/mol. The Hall–Kier alpha value is -10.7. The number of hydrogen-bond acceptors (Lipinski definition) is 0. The Morgan fingerprint density at radius 2 is 0.388 bits per heavy atom. The fourth-order valence-electron chi connectivity index (χ4n) is 16.6. The minimum absolute atomic E-state index is 0.0968. The van der Waals surface area contributed by atoms with Crippen LogP contribution in [0.25, 0.3) is 177 Å². The molecule has 0 N–H and O–H groups in total. The molecular formula is C98H82. The molecule has 15 aromatic carbocycles. The summed E-state index contributed by atoms with van der Waals surface area (Å²) in [6, 6.07) is 107. The Morgan fingerprint density at radius 3 is 0.653 bits per heavy atom. The second kappa shape index (κ2) is 22.5. The van der Waals surface area contributed by atoms with Gasteiger partial charge in [-0.15, -0.1) is 0 Å². The highest BCUT2D eigenvalue weighted by Crippen LogP contribution is 2.67. The van der Waals surface area contributed by atoms with E-state index in [0.717, 1.165) is 0 Å². The molecule has 17 rings (SSSR count). The molecule has 98 heavy (non-hydrogen) atoms. The maximum Gasteiger partial charge on any atom is -0.000116 e. The summed E-state index contributed by atoms with van der Waals surface area (Å²) in [6.07, 6.45) is 0. The zero-order valence-corrected chi connectivity index (χ0v) is 58.6. The summed E-state index contributed by atoms with van der Waals surface area (Å²) in [5.41, 5.74) is 34.9. The van der Waals surface area contributed by atoms with Crippen molar-refractivity contribution in [2.24, 2.45) is 0 Å². The third-order valence-electron chi connectivity index (χ3n) is 21.5. The summed E-state index contributed by atoms with van der Waals surface area (Å²) in [7, 11) is 0. The highest BCUT2D eigenvalue weighted by atomic mass is 14.4. The van der Waals surface area contributed by atoms with Crippen molar-refractivity contribution >= 4 is 43.1 Å². The van der Waals surface area contributed by atoms with Crippen molar-refractivity contribution in [3.63, 3.8) is 0 Å². The van der Waals surface area contributed by atoms with Crippen molar-refractivity contribution in [1.82, 2.24) is 0 Å². The molecule has 0 aromatic heterocycles. The molecule has 0 nitrogen and oxygen atoms in total. The van der Waals surface area contributed by atoms with Crippen LogP contribution >= 0.6 is 0 Å². The van der Waals surface area contributed by atoms with Gasteiger partial charge in [0.25, 0.3) is 0 Å². The van der Waals surface area contributed by atoms with Gasteiger partial charge in [0.2, 0.25) is 0 Å². The van der Waals surface area contributed by atoms with Gasteiger partial charge in [0.15, 0.2) is 0 Å². The van der Waals surface area contributed by atoms with Gasteiger partial charge in [0.05, 0.1) is 0 Å². The Bertz CT molecular complexity index is 5330. The van der Waals surface area contributed by atoms with Gasteiger partial charge in [0, 0.05) is 0 Å². The zero-order chi connectivity index (χ0) is 67.3. The van der Waals surface area contributed by atoms with E-state index in [4.69, 9.17) is 0 Å². The maximum atomic E-state index is 2.55. The highest BCUT2D eigenvalue weighted by molar-refractivity contribution is 6.39. The first-order valence-electron chi connectivity index (χ1n) is 35.2. The molecule has 0 amide bonds. The highest BCUT2D eigenvalue weighted by Gasteiger charge is 2.40. The lowest BCUT2D eigenvalue weighted by Crippen LogP contribution is -2.17. The lowest BCUT2D eigenvalue weighted by Gasteiger charge is -2.29. The van der Waals surface area contributed by atoms with Gasteiger partial charge in [-0.05, 0) is 233 Å². The van der Waals surface area contributed by atoms with E-state index in [9.17, 15) is 0 Å². The molecule has 0 unspecified atom stereocenters. The third-order valence-corrected chi connectivity index (χ3v) is 21.5. The van der Waals surface area contributed by atoms with Gasteiger partial charge in [-0.2, -0.15) is 0 Å². The molecule has 0 atom stereocenters. The van der Waals surface area contributed by atoms with Crippen molar-refractivity contribution in [3.05, 3.63) is 301 Å². The van der Waals surface area contributed by atoms with E-state index in [-0.39, 0.29) is 21.7 Å². The van der Waals surface area contributed by atoms with Crippen LogP contribution in [0, 0.1) is 0 Å². The van der Waals surface area contributed by atoms with Crippen LogP contribution in [0.4, 0.5) is 0 Å². The molecule has 0 radical (unpaired) electrons. The fourth-order valence-corrected chi connectivity index (χ4v) is 16.6. The lowest BCUT2D eigenvalue weighted by atomic mass is 9.75. The Kier molecular flexibility index (Phi) is 14.0. The molecule has 0 aliphatic heterocycles. The molecule has 0 spiro atoms. The Morgan fingerprint density at radius 1 is 0.153 bits per heavy atom. The first-order chi connectivity index (χ1) is 47.2. The second-order valence-electron chi connectivity index (χ2n) is 31.9. The first kappa shape index (κ1) is 61.0. The Labute approximate surface area is 579 Å². The van der Waals surface area contributed by atoms with Crippen LogP contribution in [0.1, 0.15) is 105 Å². The lowest BCUT2D eigenvalue weighted by molar-refractivity contribution is 0.568. The second-order valence-corrected chi connectivity index (χ2v) is 31.9. The summed E-state index contributed by atoms with van der Waals surface area (Å²) in [5, 5.41) is 10.1. The van der Waals surface area contributed by atoms with Crippen LogP contribution in [0.15, 0.2) is 279 Å². The standard InChI is InChI=1S/C98H82/c1-95(2,3)67-51-65(52-68(55-67)96(4,5)6)83-71-45-31-32-46-72(71)84(66-53-69(97(7,8)9)56-70(54-66)98(10,11)12)90-74-48-50-76-88-75(49-47-73(87(74)88)89(83)90)91-85(63-41-27-17-28-42-63)93-81(61-37-23-15-24-38-61)79-57-77(59-33-19-13-20-34-59)78(60-35-21-14-22-36-60)58-80(79)82(62-39-25-16-26-40-62)94(93)86(92(76)91)64-43-29-18-30-44-64/h13-58H,1-12H3. The molecule has 0 bridgehead atoms. The van der Waals surface area contributed by atoms with Gasteiger partial charge in [-0.3, -0.25) is 0 Å². The molecule has 0 fully saturated rings. The molecule has 0 saturated carbocycles. The number of rotatable bonds is 8. The topological polar surface area (TPSA) is 0 Å². The molecule has 2 aliphatic carbocycles. The zero-order valence-electron chi connectivity index (χ0n) is 58.6.